The molecule has 0 unspecified atom stereocenters. The van der Waals surface area contributed by atoms with Crippen LogP contribution in [0.1, 0.15) is 16.7 Å². The number of nitrogens with one attached hydrogen (secondary N) is 4. The molecule has 0 spiro atoms. The Bertz CT molecular complexity index is 2180. The van der Waals surface area contributed by atoms with Crippen molar-refractivity contribution in [2.75, 3.05) is 5.32 Å². The van der Waals surface area contributed by atoms with Crippen LogP contribution in [0.5, 0.6) is 0 Å². The molecule has 7 rings (SSSR count). The van der Waals surface area contributed by atoms with E-state index in [2.05, 4.69) is 112 Å². The molecule has 0 saturated heterocycles. The van der Waals surface area contributed by atoms with Gasteiger partial charge in [-0.25, -0.2) is 5.43 Å². The van der Waals surface area contributed by atoms with E-state index in [9.17, 15) is 0 Å². The summed E-state index contributed by atoms with van der Waals surface area (Å²) < 4.78 is 2.32. The van der Waals surface area contributed by atoms with Crippen molar-refractivity contribution in [2.24, 2.45) is 0 Å². The van der Waals surface area contributed by atoms with E-state index in [0.717, 1.165) is 50.3 Å². The summed E-state index contributed by atoms with van der Waals surface area (Å²) in [6, 6.07) is 51.4. The fourth-order valence-electron chi connectivity index (χ4n) is 5.74. The second kappa shape index (κ2) is 12.2. The van der Waals surface area contributed by atoms with Gasteiger partial charge in [0.1, 0.15) is 5.84 Å². The number of rotatable bonds is 8. The van der Waals surface area contributed by atoms with Crippen molar-refractivity contribution >= 4 is 39.0 Å². The number of aromatic nitrogens is 1. The Morgan fingerprint density at radius 3 is 2.20 bits per heavy atom. The Balaban J connectivity index is 1.24. The van der Waals surface area contributed by atoms with Crippen LogP contribution >= 0.6 is 0 Å². The lowest BCUT2D eigenvalue weighted by molar-refractivity contribution is 0.651. The highest BCUT2D eigenvalue weighted by Gasteiger charge is 2.16. The Labute approximate surface area is 261 Å². The number of hydrazine groups is 1. The number of hydrogen-bond acceptors (Lipinski definition) is 4. The predicted octanol–water partition coefficient (Wildman–Crippen LogP) is 8.69. The molecule has 6 aromatic carbocycles. The van der Waals surface area contributed by atoms with Gasteiger partial charge in [-0.2, -0.15) is 5.26 Å². The first-order chi connectivity index (χ1) is 22.2. The molecule has 0 aliphatic rings. The first-order valence-corrected chi connectivity index (χ1v) is 14.8. The fourth-order valence-corrected chi connectivity index (χ4v) is 5.74. The van der Waals surface area contributed by atoms with Crippen LogP contribution in [0.25, 0.3) is 38.6 Å². The van der Waals surface area contributed by atoms with E-state index in [0.29, 0.717) is 12.1 Å². The second-order valence-electron chi connectivity index (χ2n) is 10.8. The van der Waals surface area contributed by atoms with Crippen LogP contribution in [0.15, 0.2) is 146 Å². The van der Waals surface area contributed by atoms with E-state index in [1.165, 1.54) is 10.8 Å². The molecule has 6 nitrogen and oxygen atoms in total. The molecule has 0 saturated carbocycles. The molecule has 0 aliphatic carbocycles. The maximum Gasteiger partial charge on any atom is 0.139 e. The highest BCUT2D eigenvalue weighted by atomic mass is 15.4. The van der Waals surface area contributed by atoms with E-state index < -0.39 is 0 Å². The van der Waals surface area contributed by atoms with Crippen LogP contribution in [-0.4, -0.2) is 10.4 Å². The third-order valence-corrected chi connectivity index (χ3v) is 7.93. The Morgan fingerprint density at radius 1 is 0.689 bits per heavy atom. The van der Waals surface area contributed by atoms with Gasteiger partial charge in [-0.15, -0.1) is 0 Å². The van der Waals surface area contributed by atoms with Crippen molar-refractivity contribution in [3.63, 3.8) is 0 Å². The SMILES string of the molecule is N#Cc1ccc(CNNC(=N)c2cccc(Nc3cc4c(cc3-c3ccccc3)c3ccccc3n4-c3ccccc3)c2)cc1. The van der Waals surface area contributed by atoms with Gasteiger partial charge in [0, 0.05) is 45.5 Å². The third kappa shape index (κ3) is 5.64. The monoisotopic (exact) mass is 582 g/mol. The number of benzene rings is 6. The van der Waals surface area contributed by atoms with Gasteiger partial charge < -0.3 is 15.3 Å². The lowest BCUT2D eigenvalue weighted by atomic mass is 10.00. The first kappa shape index (κ1) is 27.7. The summed E-state index contributed by atoms with van der Waals surface area (Å²) in [5.41, 5.74) is 16.0. The molecule has 7 aromatic rings. The molecule has 216 valence electrons. The molecule has 6 heteroatoms. The van der Waals surface area contributed by atoms with Crippen LogP contribution in [-0.2, 0) is 6.54 Å². The highest BCUT2D eigenvalue weighted by molar-refractivity contribution is 6.12. The minimum atomic E-state index is 0.259. The average Bonchev–Trinajstić information content (AvgIpc) is 3.42. The molecule has 4 N–H and O–H groups in total. The van der Waals surface area contributed by atoms with E-state index in [1.807, 2.05) is 48.5 Å². The zero-order valence-corrected chi connectivity index (χ0v) is 24.5. The van der Waals surface area contributed by atoms with Crippen LogP contribution in [0.3, 0.4) is 0 Å². The zero-order valence-electron chi connectivity index (χ0n) is 24.5. The van der Waals surface area contributed by atoms with Crippen molar-refractivity contribution in [2.45, 2.75) is 6.54 Å². The molecule has 0 fully saturated rings. The van der Waals surface area contributed by atoms with Gasteiger partial charge in [0.15, 0.2) is 0 Å². The zero-order chi connectivity index (χ0) is 30.6. The molecule has 1 aromatic heterocycles. The lowest BCUT2D eigenvalue weighted by Gasteiger charge is -2.16. The average molecular weight is 583 g/mol. The summed E-state index contributed by atoms with van der Waals surface area (Å²) in [6.07, 6.45) is 0. The Morgan fingerprint density at radius 2 is 1.42 bits per heavy atom. The van der Waals surface area contributed by atoms with Crippen LogP contribution in [0.2, 0.25) is 0 Å². The van der Waals surface area contributed by atoms with Crippen LogP contribution in [0.4, 0.5) is 11.4 Å². The molecule has 0 amide bonds. The molecule has 45 heavy (non-hydrogen) atoms. The van der Waals surface area contributed by atoms with E-state index in [1.54, 1.807) is 12.1 Å². The van der Waals surface area contributed by atoms with Gasteiger partial charge in [-0.3, -0.25) is 5.41 Å². The summed E-state index contributed by atoms with van der Waals surface area (Å²) in [6.45, 7) is 0.516. The maximum atomic E-state index is 9.02. The van der Waals surface area contributed by atoms with Gasteiger partial charge >= 0.3 is 0 Å². The van der Waals surface area contributed by atoms with Crippen molar-refractivity contribution in [1.29, 1.82) is 10.7 Å². The second-order valence-corrected chi connectivity index (χ2v) is 10.8. The minimum absolute atomic E-state index is 0.259. The van der Waals surface area contributed by atoms with Crippen LogP contribution in [0, 0.1) is 16.7 Å². The number of amidine groups is 1. The summed E-state index contributed by atoms with van der Waals surface area (Å²) in [7, 11) is 0. The van der Waals surface area contributed by atoms with Gasteiger partial charge in [0.25, 0.3) is 0 Å². The Hall–Kier alpha value is -6.16. The van der Waals surface area contributed by atoms with Crippen molar-refractivity contribution in [1.82, 2.24) is 15.4 Å². The normalized spacial score (nSPS) is 10.9. The molecule has 0 radical (unpaired) electrons. The maximum absolute atomic E-state index is 9.02. The molecule has 0 atom stereocenters. The van der Waals surface area contributed by atoms with Gasteiger partial charge in [0.2, 0.25) is 0 Å². The highest BCUT2D eigenvalue weighted by Crippen LogP contribution is 2.40. The number of hydrogen-bond donors (Lipinski definition) is 4. The quantitative estimate of drug-likeness (QED) is 0.0820. The van der Waals surface area contributed by atoms with Gasteiger partial charge in [-0.1, -0.05) is 91.0 Å². The molecule has 0 bridgehead atoms. The van der Waals surface area contributed by atoms with Gasteiger partial charge in [-0.05, 0) is 65.7 Å². The summed E-state index contributed by atoms with van der Waals surface area (Å²) in [5.74, 6) is 0.259. The molecular formula is C39H30N6. The largest absolute Gasteiger partial charge is 0.355 e. The smallest absolute Gasteiger partial charge is 0.139 e. The number of fused-ring (bicyclic) bond motifs is 3. The standard InChI is InChI=1S/C39H30N6/c40-25-27-18-20-28(21-19-27)26-42-44-39(41)30-12-9-13-31(22-30)43-36-24-38-35(23-34(36)29-10-3-1-4-11-29)33-16-7-8-17-37(33)45(38)32-14-5-2-6-15-32/h1-24,42-43H,26H2,(H2,41,44). The van der Waals surface area contributed by atoms with E-state index in [-0.39, 0.29) is 5.84 Å². The number of para-hydroxylation sites is 2. The lowest BCUT2D eigenvalue weighted by Crippen LogP contribution is -2.36. The molecular weight excluding hydrogens is 552 g/mol. The van der Waals surface area contributed by atoms with Crippen molar-refractivity contribution < 1.29 is 0 Å². The third-order valence-electron chi connectivity index (χ3n) is 7.93. The number of nitrogens with zero attached hydrogens (tertiary/aromatic N) is 2. The van der Waals surface area contributed by atoms with E-state index in [4.69, 9.17) is 10.7 Å². The number of nitriles is 1. The van der Waals surface area contributed by atoms with Crippen LogP contribution < -0.4 is 16.2 Å². The summed E-state index contributed by atoms with van der Waals surface area (Å²) in [5, 5.41) is 23.8. The number of anilines is 2. The molecule has 1 heterocycles. The summed E-state index contributed by atoms with van der Waals surface area (Å²) >= 11 is 0. The Kier molecular flexibility index (Phi) is 7.51. The molecule has 0 aliphatic heterocycles. The fraction of sp³-hybridized carbons (Fsp3) is 0.0256. The predicted molar refractivity (Wildman–Crippen MR) is 184 cm³/mol. The summed E-state index contributed by atoms with van der Waals surface area (Å²) in [4.78, 5) is 0. The first-order valence-electron chi connectivity index (χ1n) is 14.8. The van der Waals surface area contributed by atoms with E-state index >= 15 is 0 Å². The van der Waals surface area contributed by atoms with Gasteiger partial charge in [0.05, 0.1) is 22.7 Å². The van der Waals surface area contributed by atoms with Crippen molar-refractivity contribution in [3.8, 4) is 22.9 Å². The van der Waals surface area contributed by atoms with Crippen molar-refractivity contribution in [3.05, 3.63) is 162 Å². The minimum Gasteiger partial charge on any atom is -0.355 e. The topological polar surface area (TPSA) is 88.7 Å².